The van der Waals surface area contributed by atoms with Gasteiger partial charge >= 0.3 is 0 Å². The van der Waals surface area contributed by atoms with E-state index in [1.807, 2.05) is 42.3 Å². The Kier molecular flexibility index (Phi) is 5.47. The Balaban J connectivity index is 1.82. The quantitative estimate of drug-likeness (QED) is 0.761. The van der Waals surface area contributed by atoms with Gasteiger partial charge in [-0.15, -0.1) is 0 Å². The number of amides is 2. The second-order valence-electron chi connectivity index (χ2n) is 7.38. The summed E-state index contributed by atoms with van der Waals surface area (Å²) >= 11 is 0. The number of piperidine rings is 1. The maximum Gasteiger partial charge on any atom is 0.245 e. The second-order valence-corrected chi connectivity index (χ2v) is 7.38. The molecule has 2 amide bonds. The molecule has 140 valence electrons. The number of likely N-dealkylation sites (N-methyl/N-ethyl adjacent to an activating group) is 1. The summed E-state index contributed by atoms with van der Waals surface area (Å²) in [5, 5.41) is 0. The summed E-state index contributed by atoms with van der Waals surface area (Å²) in [5.74, 6) is 0.100. The van der Waals surface area contributed by atoms with Crippen LogP contribution in [-0.4, -0.2) is 61.0 Å². The number of hydrogen-bond donors (Lipinski definition) is 0. The van der Waals surface area contributed by atoms with E-state index in [0.717, 1.165) is 18.4 Å². The Labute approximate surface area is 155 Å². The third-order valence-electron chi connectivity index (χ3n) is 6.11. The average molecular weight is 356 g/mol. The fourth-order valence-electron chi connectivity index (χ4n) is 4.17. The van der Waals surface area contributed by atoms with E-state index in [1.54, 1.807) is 12.0 Å². The number of rotatable bonds is 5. The summed E-state index contributed by atoms with van der Waals surface area (Å²) in [6.45, 7) is 4.72. The van der Waals surface area contributed by atoms with Crippen LogP contribution in [0, 0.1) is 0 Å². The summed E-state index contributed by atoms with van der Waals surface area (Å²) in [6, 6.07) is 10.2. The van der Waals surface area contributed by atoms with Crippen LogP contribution in [0.25, 0.3) is 0 Å². The molecule has 2 fully saturated rings. The van der Waals surface area contributed by atoms with Gasteiger partial charge in [0.2, 0.25) is 11.8 Å². The van der Waals surface area contributed by atoms with Crippen molar-refractivity contribution in [3.05, 3.63) is 48.6 Å². The van der Waals surface area contributed by atoms with Crippen molar-refractivity contribution in [2.24, 2.45) is 0 Å². The molecule has 1 aromatic carbocycles. The van der Waals surface area contributed by atoms with Gasteiger partial charge in [-0.3, -0.25) is 9.59 Å². The highest BCUT2D eigenvalue weighted by Gasteiger charge is 2.47. The molecule has 0 unspecified atom stereocenters. The van der Waals surface area contributed by atoms with E-state index < -0.39 is 5.41 Å². The fourth-order valence-corrected chi connectivity index (χ4v) is 4.17. The molecule has 0 spiro atoms. The zero-order valence-corrected chi connectivity index (χ0v) is 15.7. The second kappa shape index (κ2) is 7.62. The van der Waals surface area contributed by atoms with Crippen molar-refractivity contribution in [1.29, 1.82) is 0 Å². The van der Waals surface area contributed by atoms with Crippen LogP contribution < -0.4 is 0 Å². The SMILES string of the molecule is C=CC(=O)N1CCC(C(=O)N(C)C2CC(OC)C2)(c2ccccc2)CC1. The van der Waals surface area contributed by atoms with Gasteiger partial charge in [-0.05, 0) is 37.3 Å². The van der Waals surface area contributed by atoms with Crippen LogP contribution in [0.3, 0.4) is 0 Å². The lowest BCUT2D eigenvalue weighted by Gasteiger charge is -2.47. The van der Waals surface area contributed by atoms with Gasteiger partial charge in [0, 0.05) is 33.3 Å². The molecule has 1 aliphatic heterocycles. The summed E-state index contributed by atoms with van der Waals surface area (Å²) in [5.41, 5.74) is 0.483. The third-order valence-corrected chi connectivity index (χ3v) is 6.11. The summed E-state index contributed by atoms with van der Waals surface area (Å²) in [4.78, 5) is 29.2. The first-order chi connectivity index (χ1) is 12.5. The molecule has 0 radical (unpaired) electrons. The maximum absolute atomic E-state index is 13.6. The largest absolute Gasteiger partial charge is 0.381 e. The van der Waals surface area contributed by atoms with Crippen LogP contribution in [0.4, 0.5) is 0 Å². The van der Waals surface area contributed by atoms with E-state index in [2.05, 4.69) is 6.58 Å². The van der Waals surface area contributed by atoms with Crippen LogP contribution in [0.2, 0.25) is 0 Å². The van der Waals surface area contributed by atoms with E-state index in [-0.39, 0.29) is 24.0 Å². The van der Waals surface area contributed by atoms with Crippen molar-refractivity contribution in [3.8, 4) is 0 Å². The molecule has 26 heavy (non-hydrogen) atoms. The number of carbonyl (C=O) groups excluding carboxylic acids is 2. The van der Waals surface area contributed by atoms with Gasteiger partial charge < -0.3 is 14.5 Å². The van der Waals surface area contributed by atoms with Gasteiger partial charge in [0.25, 0.3) is 0 Å². The summed E-state index contributed by atoms with van der Waals surface area (Å²) in [6.07, 6.45) is 4.67. The van der Waals surface area contributed by atoms with Crippen molar-refractivity contribution < 1.29 is 14.3 Å². The summed E-state index contributed by atoms with van der Waals surface area (Å²) < 4.78 is 5.36. The Bertz CT molecular complexity index is 659. The zero-order valence-electron chi connectivity index (χ0n) is 15.7. The van der Waals surface area contributed by atoms with E-state index in [4.69, 9.17) is 4.74 Å². The van der Waals surface area contributed by atoms with Gasteiger partial charge in [0.15, 0.2) is 0 Å². The first kappa shape index (κ1) is 18.6. The number of likely N-dealkylation sites (tertiary alicyclic amines) is 1. The Morgan fingerprint density at radius 2 is 1.85 bits per heavy atom. The zero-order chi connectivity index (χ0) is 18.7. The van der Waals surface area contributed by atoms with Gasteiger partial charge in [-0.2, -0.15) is 0 Å². The van der Waals surface area contributed by atoms with E-state index in [9.17, 15) is 9.59 Å². The molecule has 0 N–H and O–H groups in total. The highest BCUT2D eigenvalue weighted by molar-refractivity contribution is 5.90. The minimum Gasteiger partial charge on any atom is -0.381 e. The minimum absolute atomic E-state index is 0.0607. The Morgan fingerprint density at radius 1 is 1.23 bits per heavy atom. The Morgan fingerprint density at radius 3 is 2.38 bits per heavy atom. The third kappa shape index (κ3) is 3.28. The highest BCUT2D eigenvalue weighted by atomic mass is 16.5. The summed E-state index contributed by atoms with van der Waals surface area (Å²) in [7, 11) is 3.63. The smallest absolute Gasteiger partial charge is 0.245 e. The predicted molar refractivity (Wildman–Crippen MR) is 101 cm³/mol. The van der Waals surface area contributed by atoms with Crippen molar-refractivity contribution >= 4 is 11.8 Å². The van der Waals surface area contributed by atoms with Crippen molar-refractivity contribution in [1.82, 2.24) is 9.80 Å². The molecule has 3 rings (SSSR count). The van der Waals surface area contributed by atoms with E-state index in [1.165, 1.54) is 6.08 Å². The molecule has 5 heteroatoms. The van der Waals surface area contributed by atoms with Crippen LogP contribution in [0.1, 0.15) is 31.2 Å². The molecule has 0 bridgehead atoms. The van der Waals surface area contributed by atoms with Crippen LogP contribution in [0.15, 0.2) is 43.0 Å². The number of benzene rings is 1. The van der Waals surface area contributed by atoms with Crippen LogP contribution >= 0.6 is 0 Å². The molecule has 2 aliphatic rings. The molecular weight excluding hydrogens is 328 g/mol. The molecule has 0 atom stereocenters. The van der Waals surface area contributed by atoms with Crippen molar-refractivity contribution in [2.45, 2.75) is 43.2 Å². The lowest BCUT2D eigenvalue weighted by molar-refractivity contribution is -0.146. The molecule has 1 saturated heterocycles. The molecule has 0 aromatic heterocycles. The Hall–Kier alpha value is -2.14. The van der Waals surface area contributed by atoms with Gasteiger partial charge in [0.05, 0.1) is 11.5 Å². The van der Waals surface area contributed by atoms with Crippen LogP contribution in [-0.2, 0) is 19.7 Å². The number of methoxy groups -OCH3 is 1. The maximum atomic E-state index is 13.6. The van der Waals surface area contributed by atoms with Gasteiger partial charge in [-0.25, -0.2) is 0 Å². The van der Waals surface area contributed by atoms with Gasteiger partial charge in [0.1, 0.15) is 0 Å². The number of nitrogens with zero attached hydrogens (tertiary/aromatic N) is 2. The average Bonchev–Trinajstić information content (AvgIpc) is 2.66. The molecular formula is C21H28N2O3. The topological polar surface area (TPSA) is 49.9 Å². The molecule has 1 aromatic rings. The molecule has 1 heterocycles. The monoisotopic (exact) mass is 356 g/mol. The standard InChI is InChI=1S/C21H28N2O3/c1-4-19(24)23-12-10-21(11-13-23,16-8-6-5-7-9-16)20(25)22(2)17-14-18(15-17)26-3/h4-9,17-18H,1,10-15H2,2-3H3. The van der Waals surface area contributed by atoms with Crippen molar-refractivity contribution in [2.75, 3.05) is 27.2 Å². The lowest BCUT2D eigenvalue weighted by atomic mass is 9.71. The van der Waals surface area contributed by atoms with Crippen LogP contribution in [0.5, 0.6) is 0 Å². The highest BCUT2D eigenvalue weighted by Crippen LogP contribution is 2.39. The fraction of sp³-hybridized carbons (Fsp3) is 0.524. The number of carbonyl (C=O) groups is 2. The molecule has 5 nitrogen and oxygen atoms in total. The van der Waals surface area contributed by atoms with E-state index >= 15 is 0 Å². The first-order valence-corrected chi connectivity index (χ1v) is 9.28. The van der Waals surface area contributed by atoms with Crippen molar-refractivity contribution in [3.63, 3.8) is 0 Å². The number of ether oxygens (including phenoxy) is 1. The minimum atomic E-state index is -0.563. The predicted octanol–water partition coefficient (Wildman–Crippen LogP) is 2.37. The van der Waals surface area contributed by atoms with Gasteiger partial charge in [-0.1, -0.05) is 36.9 Å². The molecule has 1 aliphatic carbocycles. The number of hydrogen-bond acceptors (Lipinski definition) is 3. The lowest BCUT2D eigenvalue weighted by Crippen LogP contribution is -2.57. The normalized spacial score (nSPS) is 24.5. The van der Waals surface area contributed by atoms with E-state index in [0.29, 0.717) is 25.9 Å². The molecule has 1 saturated carbocycles. The first-order valence-electron chi connectivity index (χ1n) is 9.28.